The Bertz CT molecular complexity index is 347. The molecule has 1 rings (SSSR count). The highest BCUT2D eigenvalue weighted by molar-refractivity contribution is 5.80. The number of amides is 1. The fourth-order valence-corrected chi connectivity index (χ4v) is 1.33. The van der Waals surface area contributed by atoms with E-state index < -0.39 is 6.04 Å². The minimum atomic E-state index is -0.473. The van der Waals surface area contributed by atoms with Crippen LogP contribution in [0.1, 0.15) is 19.4 Å². The summed E-state index contributed by atoms with van der Waals surface area (Å²) >= 11 is 0. The summed E-state index contributed by atoms with van der Waals surface area (Å²) in [6.45, 7) is 4.68. The summed E-state index contributed by atoms with van der Waals surface area (Å²) in [6, 6.07) is 7.48. The lowest BCUT2D eigenvalue weighted by Crippen LogP contribution is -2.40. The molecule has 0 saturated carbocycles. The van der Waals surface area contributed by atoms with E-state index in [1.54, 1.807) is 6.92 Å². The number of hydrogen-bond acceptors (Lipinski definition) is 3. The number of aryl methyl sites for hydroxylation is 1. The van der Waals surface area contributed by atoms with E-state index in [9.17, 15) is 4.79 Å². The van der Waals surface area contributed by atoms with Crippen molar-refractivity contribution in [2.75, 3.05) is 13.2 Å². The molecule has 3 N–H and O–H groups in total. The zero-order valence-corrected chi connectivity index (χ0v) is 10.4. The molecule has 0 aromatic heterocycles. The van der Waals surface area contributed by atoms with Crippen molar-refractivity contribution in [2.45, 2.75) is 26.3 Å². The van der Waals surface area contributed by atoms with Gasteiger partial charge in [-0.2, -0.15) is 0 Å². The predicted molar refractivity (Wildman–Crippen MR) is 68.0 cm³/mol. The number of nitrogens with one attached hydrogen (secondary N) is 1. The van der Waals surface area contributed by atoms with E-state index >= 15 is 0 Å². The highest BCUT2D eigenvalue weighted by Gasteiger charge is 2.05. The van der Waals surface area contributed by atoms with E-state index in [1.807, 2.05) is 24.3 Å². The molecule has 0 aliphatic carbocycles. The van der Waals surface area contributed by atoms with Crippen molar-refractivity contribution in [3.8, 4) is 5.75 Å². The van der Waals surface area contributed by atoms with Gasteiger partial charge in [0.15, 0.2) is 0 Å². The van der Waals surface area contributed by atoms with Crippen molar-refractivity contribution in [1.82, 2.24) is 5.32 Å². The molecule has 1 aromatic rings. The third-order valence-corrected chi connectivity index (χ3v) is 2.42. The van der Waals surface area contributed by atoms with Crippen LogP contribution in [0.3, 0.4) is 0 Å². The van der Waals surface area contributed by atoms with Gasteiger partial charge >= 0.3 is 0 Å². The first kappa shape index (κ1) is 13.5. The van der Waals surface area contributed by atoms with E-state index in [-0.39, 0.29) is 5.91 Å². The molecule has 0 bridgehead atoms. The van der Waals surface area contributed by atoms with Crippen LogP contribution < -0.4 is 15.8 Å². The quantitative estimate of drug-likeness (QED) is 0.727. The highest BCUT2D eigenvalue weighted by Crippen LogP contribution is 2.11. The smallest absolute Gasteiger partial charge is 0.236 e. The van der Waals surface area contributed by atoms with Gasteiger partial charge in [0.05, 0.1) is 12.6 Å². The zero-order valence-electron chi connectivity index (χ0n) is 10.4. The van der Waals surface area contributed by atoms with Gasteiger partial charge in [0.1, 0.15) is 12.4 Å². The van der Waals surface area contributed by atoms with Crippen LogP contribution in [0.15, 0.2) is 24.3 Å². The van der Waals surface area contributed by atoms with Crippen molar-refractivity contribution in [1.29, 1.82) is 0 Å². The van der Waals surface area contributed by atoms with Crippen LogP contribution in [0.5, 0.6) is 5.75 Å². The van der Waals surface area contributed by atoms with Gasteiger partial charge in [-0.05, 0) is 31.0 Å². The summed E-state index contributed by atoms with van der Waals surface area (Å²) in [7, 11) is 0. The maximum absolute atomic E-state index is 11.1. The fraction of sp³-hybridized carbons (Fsp3) is 0.462. The van der Waals surface area contributed by atoms with Gasteiger partial charge in [0.2, 0.25) is 5.91 Å². The maximum atomic E-state index is 11.1. The normalized spacial score (nSPS) is 11.9. The lowest BCUT2D eigenvalue weighted by atomic mass is 10.2. The lowest BCUT2D eigenvalue weighted by molar-refractivity contribution is -0.122. The Hall–Kier alpha value is -1.55. The first-order chi connectivity index (χ1) is 8.13. The molecule has 0 fully saturated rings. The molecule has 1 atom stereocenters. The van der Waals surface area contributed by atoms with Gasteiger partial charge in [0.25, 0.3) is 0 Å². The molecule has 1 amide bonds. The minimum absolute atomic E-state index is 0.157. The fourth-order valence-electron chi connectivity index (χ4n) is 1.33. The number of rotatable bonds is 6. The molecular formula is C13H20N2O2. The Balaban J connectivity index is 2.24. The number of benzene rings is 1. The second-order valence-corrected chi connectivity index (χ2v) is 3.93. The summed E-state index contributed by atoms with van der Waals surface area (Å²) < 4.78 is 5.48. The molecular weight excluding hydrogens is 216 g/mol. The van der Waals surface area contributed by atoms with Crippen molar-refractivity contribution in [3.05, 3.63) is 29.8 Å². The molecule has 1 unspecified atom stereocenters. The Morgan fingerprint density at radius 1 is 1.41 bits per heavy atom. The van der Waals surface area contributed by atoms with Crippen LogP contribution in [-0.2, 0) is 11.2 Å². The van der Waals surface area contributed by atoms with E-state index in [0.29, 0.717) is 13.2 Å². The molecule has 0 spiro atoms. The second kappa shape index (κ2) is 6.91. The Morgan fingerprint density at radius 2 is 2.06 bits per heavy atom. The monoisotopic (exact) mass is 236 g/mol. The molecule has 0 aliphatic heterocycles. The average Bonchev–Trinajstić information content (AvgIpc) is 2.35. The van der Waals surface area contributed by atoms with Gasteiger partial charge in [-0.25, -0.2) is 0 Å². The summed E-state index contributed by atoms with van der Waals surface area (Å²) in [6.07, 6.45) is 1.02. The molecule has 0 aliphatic rings. The van der Waals surface area contributed by atoms with Crippen LogP contribution in [0, 0.1) is 0 Å². The van der Waals surface area contributed by atoms with Crippen molar-refractivity contribution in [2.24, 2.45) is 5.73 Å². The van der Waals surface area contributed by atoms with Gasteiger partial charge in [0, 0.05) is 0 Å². The molecule has 0 saturated heterocycles. The number of ether oxygens (including phenoxy) is 1. The number of hydrogen-bond donors (Lipinski definition) is 2. The van der Waals surface area contributed by atoms with Gasteiger partial charge in [-0.3, -0.25) is 4.79 Å². The number of carbonyl (C=O) groups is 1. The van der Waals surface area contributed by atoms with Crippen molar-refractivity contribution >= 4 is 5.91 Å². The molecule has 17 heavy (non-hydrogen) atoms. The average molecular weight is 236 g/mol. The van der Waals surface area contributed by atoms with E-state index in [4.69, 9.17) is 10.5 Å². The van der Waals surface area contributed by atoms with Crippen LogP contribution in [-0.4, -0.2) is 25.1 Å². The Labute approximate surface area is 102 Å². The standard InChI is InChI=1S/C13H20N2O2/c1-3-11-4-6-12(7-5-11)17-9-8-15-13(16)10(2)14/h4-7,10H,3,8-9,14H2,1-2H3,(H,15,16). The molecule has 94 valence electrons. The summed E-state index contributed by atoms with van der Waals surface area (Å²) in [5.41, 5.74) is 6.69. The molecule has 0 heterocycles. The minimum Gasteiger partial charge on any atom is -0.492 e. The van der Waals surface area contributed by atoms with E-state index in [0.717, 1.165) is 12.2 Å². The summed E-state index contributed by atoms with van der Waals surface area (Å²) in [5.74, 6) is 0.659. The largest absolute Gasteiger partial charge is 0.492 e. The second-order valence-electron chi connectivity index (χ2n) is 3.93. The van der Waals surface area contributed by atoms with Crippen molar-refractivity contribution < 1.29 is 9.53 Å². The van der Waals surface area contributed by atoms with E-state index in [2.05, 4.69) is 12.2 Å². The van der Waals surface area contributed by atoms with Crippen LogP contribution >= 0.6 is 0 Å². The summed E-state index contributed by atoms with van der Waals surface area (Å²) in [4.78, 5) is 11.1. The van der Waals surface area contributed by atoms with Gasteiger partial charge in [-0.15, -0.1) is 0 Å². The van der Waals surface area contributed by atoms with Crippen LogP contribution in [0.4, 0.5) is 0 Å². The molecule has 4 nitrogen and oxygen atoms in total. The van der Waals surface area contributed by atoms with Crippen LogP contribution in [0.25, 0.3) is 0 Å². The Morgan fingerprint density at radius 3 is 2.59 bits per heavy atom. The van der Waals surface area contributed by atoms with Crippen molar-refractivity contribution in [3.63, 3.8) is 0 Å². The molecule has 4 heteroatoms. The SMILES string of the molecule is CCc1ccc(OCCNC(=O)C(C)N)cc1. The van der Waals surface area contributed by atoms with Gasteiger partial charge in [-0.1, -0.05) is 19.1 Å². The first-order valence-electron chi connectivity index (χ1n) is 5.88. The lowest BCUT2D eigenvalue weighted by Gasteiger charge is -2.09. The predicted octanol–water partition coefficient (Wildman–Crippen LogP) is 1.09. The highest BCUT2D eigenvalue weighted by atomic mass is 16.5. The maximum Gasteiger partial charge on any atom is 0.236 e. The molecule has 1 aromatic carbocycles. The molecule has 0 radical (unpaired) electrons. The number of nitrogens with two attached hydrogens (primary N) is 1. The third-order valence-electron chi connectivity index (χ3n) is 2.42. The number of carbonyl (C=O) groups excluding carboxylic acids is 1. The first-order valence-corrected chi connectivity index (χ1v) is 5.88. The third kappa shape index (κ3) is 4.87. The zero-order chi connectivity index (χ0) is 12.7. The topological polar surface area (TPSA) is 64.3 Å². The van der Waals surface area contributed by atoms with Gasteiger partial charge < -0.3 is 15.8 Å². The Kier molecular flexibility index (Phi) is 5.49. The van der Waals surface area contributed by atoms with Crippen LogP contribution in [0.2, 0.25) is 0 Å². The summed E-state index contributed by atoms with van der Waals surface area (Å²) in [5, 5.41) is 2.69. The van der Waals surface area contributed by atoms with E-state index in [1.165, 1.54) is 5.56 Å².